The molecule has 0 radical (unpaired) electrons. The summed E-state index contributed by atoms with van der Waals surface area (Å²) in [5.41, 5.74) is 4.35. The molecule has 0 fully saturated rings. The van der Waals surface area contributed by atoms with Crippen molar-refractivity contribution >= 4 is 27.6 Å². The van der Waals surface area contributed by atoms with Crippen LogP contribution in [-0.4, -0.2) is 0 Å². The number of hydrogen-bond donors (Lipinski definition) is 0. The molecule has 110 valence electrons. The van der Waals surface area contributed by atoms with Gasteiger partial charge in [0.15, 0.2) is 0 Å². The molecule has 0 amide bonds. The summed E-state index contributed by atoms with van der Waals surface area (Å²) in [6, 6.07) is 8.71. The minimum Gasteiger partial charge on any atom is -0.182 e. The zero-order chi connectivity index (χ0) is 15.0. The second kappa shape index (κ2) is 5.76. The van der Waals surface area contributed by atoms with E-state index < -0.39 is 0 Å². The Kier molecular flexibility index (Phi) is 3.99. The molecule has 0 saturated heterocycles. The maximum atomic E-state index is 2.43. The van der Waals surface area contributed by atoms with Crippen LogP contribution in [0.2, 0.25) is 0 Å². The van der Waals surface area contributed by atoms with Gasteiger partial charge in [0.05, 0.1) is 0 Å². The van der Waals surface area contributed by atoms with Gasteiger partial charge in [0.25, 0.3) is 5.01 Å². The summed E-state index contributed by atoms with van der Waals surface area (Å²) in [7, 11) is 0. The van der Waals surface area contributed by atoms with Crippen LogP contribution in [0.4, 0.5) is 0 Å². The van der Waals surface area contributed by atoms with E-state index in [0.717, 1.165) is 12.5 Å². The van der Waals surface area contributed by atoms with Crippen molar-refractivity contribution in [3.63, 3.8) is 0 Å². The third-order valence-corrected chi connectivity index (χ3v) is 5.92. The lowest BCUT2D eigenvalue weighted by Crippen LogP contribution is -2.33. The Balaban J connectivity index is 2.07. The van der Waals surface area contributed by atoms with Crippen LogP contribution in [0.15, 0.2) is 41.5 Å². The molecule has 1 aromatic carbocycles. The largest absolute Gasteiger partial charge is 0.263 e. The third-order valence-electron chi connectivity index (χ3n) is 4.80. The minimum absolute atomic E-state index is 0.711. The lowest BCUT2D eigenvalue weighted by Gasteiger charge is -2.26. The molecule has 1 aromatic heterocycles. The fraction of sp³-hybridized carbons (Fsp3) is 0.421. The summed E-state index contributed by atoms with van der Waals surface area (Å²) in [4.78, 5) is 0. The van der Waals surface area contributed by atoms with Gasteiger partial charge in [-0.2, -0.15) is 4.57 Å². The van der Waals surface area contributed by atoms with E-state index in [4.69, 9.17) is 0 Å². The van der Waals surface area contributed by atoms with Gasteiger partial charge in [0, 0.05) is 12.1 Å². The second-order valence-electron chi connectivity index (χ2n) is 6.23. The predicted octanol–water partition coefficient (Wildman–Crippen LogP) is 5.21. The van der Waals surface area contributed by atoms with Crippen molar-refractivity contribution < 1.29 is 4.57 Å². The lowest BCUT2D eigenvalue weighted by atomic mass is 9.79. The molecule has 2 unspecified atom stereocenters. The molecule has 2 atom stereocenters. The highest BCUT2D eigenvalue weighted by Gasteiger charge is 2.22. The topological polar surface area (TPSA) is 3.88 Å². The number of aryl methyl sites for hydroxylation is 1. The maximum absolute atomic E-state index is 2.43. The molecule has 0 bridgehead atoms. The van der Waals surface area contributed by atoms with Crippen molar-refractivity contribution in [3.8, 4) is 0 Å². The first-order chi connectivity index (χ1) is 10.1. The standard InChI is InChI=1S/C19H24NS/c1-5-20-17-8-6-7-9-18(17)21-19(20)12-16-10-13(2)15(4)14(3)11-16/h6-10,12,14-15H,5,11H2,1-4H3/q+1/b16-12-. The first-order valence-corrected chi connectivity index (χ1v) is 8.72. The van der Waals surface area contributed by atoms with Crippen LogP contribution in [0.1, 0.15) is 39.1 Å². The SMILES string of the molecule is CC[n+]1c(/C=C2/C=C(C)C(C)C(C)C2)sc2ccccc21. The van der Waals surface area contributed by atoms with E-state index >= 15 is 0 Å². The van der Waals surface area contributed by atoms with Crippen molar-refractivity contribution in [3.05, 3.63) is 46.5 Å². The van der Waals surface area contributed by atoms with E-state index in [1.165, 1.54) is 32.8 Å². The Hall–Kier alpha value is -1.41. The van der Waals surface area contributed by atoms with Crippen molar-refractivity contribution in [2.24, 2.45) is 11.8 Å². The van der Waals surface area contributed by atoms with Gasteiger partial charge in [-0.15, -0.1) is 0 Å². The summed E-state index contributed by atoms with van der Waals surface area (Å²) in [5.74, 6) is 1.45. The number of para-hydroxylation sites is 1. The molecule has 1 heterocycles. The Bertz CT molecular complexity index is 720. The molecule has 3 rings (SSSR count). The number of hydrogen-bond acceptors (Lipinski definition) is 1. The van der Waals surface area contributed by atoms with Crippen LogP contribution in [0.5, 0.6) is 0 Å². The Morgan fingerprint density at radius 3 is 2.76 bits per heavy atom. The van der Waals surface area contributed by atoms with Crippen molar-refractivity contribution in [1.29, 1.82) is 0 Å². The zero-order valence-electron chi connectivity index (χ0n) is 13.4. The molecule has 0 spiro atoms. The molecule has 0 saturated carbocycles. The normalized spacial score (nSPS) is 24.6. The number of rotatable bonds is 2. The Morgan fingerprint density at radius 1 is 1.29 bits per heavy atom. The van der Waals surface area contributed by atoms with Gasteiger partial charge >= 0.3 is 0 Å². The summed E-state index contributed by atoms with van der Waals surface area (Å²) < 4.78 is 3.81. The Labute approximate surface area is 131 Å². The van der Waals surface area contributed by atoms with E-state index in [2.05, 4.69) is 68.7 Å². The first kappa shape index (κ1) is 14.5. The summed E-state index contributed by atoms with van der Waals surface area (Å²) >= 11 is 1.90. The van der Waals surface area contributed by atoms with Crippen LogP contribution in [0.3, 0.4) is 0 Å². The third kappa shape index (κ3) is 2.69. The van der Waals surface area contributed by atoms with Gasteiger partial charge in [-0.1, -0.05) is 49.0 Å². The highest BCUT2D eigenvalue weighted by molar-refractivity contribution is 7.18. The lowest BCUT2D eigenvalue weighted by molar-refractivity contribution is -0.665. The Morgan fingerprint density at radius 2 is 2.05 bits per heavy atom. The monoisotopic (exact) mass is 298 g/mol. The van der Waals surface area contributed by atoms with Crippen LogP contribution in [-0.2, 0) is 6.54 Å². The van der Waals surface area contributed by atoms with E-state index in [1.807, 2.05) is 11.3 Å². The van der Waals surface area contributed by atoms with Gasteiger partial charge in [0.2, 0.25) is 5.52 Å². The summed E-state index contributed by atoms with van der Waals surface area (Å²) in [6.45, 7) is 10.2. The smallest absolute Gasteiger partial charge is 0.182 e. The van der Waals surface area contributed by atoms with Gasteiger partial charge in [-0.05, 0) is 43.7 Å². The average Bonchev–Trinajstić information content (AvgIpc) is 2.81. The van der Waals surface area contributed by atoms with Crippen molar-refractivity contribution in [2.75, 3.05) is 0 Å². The molecular formula is C19H24NS+. The number of nitrogens with zero attached hydrogens (tertiary/aromatic N) is 1. The molecule has 2 aromatic rings. The second-order valence-corrected chi connectivity index (χ2v) is 7.29. The van der Waals surface area contributed by atoms with E-state index in [1.54, 1.807) is 0 Å². The van der Waals surface area contributed by atoms with E-state index in [-0.39, 0.29) is 0 Å². The fourth-order valence-electron chi connectivity index (χ4n) is 3.23. The van der Waals surface area contributed by atoms with Gasteiger partial charge in [-0.3, -0.25) is 0 Å². The molecule has 0 aliphatic heterocycles. The molecule has 2 heteroatoms. The van der Waals surface area contributed by atoms with Gasteiger partial charge < -0.3 is 0 Å². The van der Waals surface area contributed by atoms with Crippen LogP contribution >= 0.6 is 11.3 Å². The zero-order valence-corrected chi connectivity index (χ0v) is 14.2. The maximum Gasteiger partial charge on any atom is 0.263 e. The van der Waals surface area contributed by atoms with Crippen LogP contribution in [0, 0.1) is 11.8 Å². The minimum atomic E-state index is 0.711. The van der Waals surface area contributed by atoms with Crippen LogP contribution < -0.4 is 4.57 Å². The van der Waals surface area contributed by atoms with Gasteiger partial charge in [-0.25, -0.2) is 0 Å². The van der Waals surface area contributed by atoms with E-state index in [0.29, 0.717) is 5.92 Å². The van der Waals surface area contributed by atoms with Crippen molar-refractivity contribution in [1.82, 2.24) is 0 Å². The summed E-state index contributed by atoms with van der Waals surface area (Å²) in [5, 5.41) is 1.37. The predicted molar refractivity (Wildman–Crippen MR) is 92.4 cm³/mol. The highest BCUT2D eigenvalue weighted by atomic mass is 32.1. The molecule has 0 N–H and O–H groups in total. The highest BCUT2D eigenvalue weighted by Crippen LogP contribution is 2.34. The molecule has 1 aliphatic rings. The molecule has 1 aliphatic carbocycles. The van der Waals surface area contributed by atoms with Gasteiger partial charge in [0.1, 0.15) is 11.2 Å². The van der Waals surface area contributed by atoms with E-state index in [9.17, 15) is 0 Å². The van der Waals surface area contributed by atoms with Crippen LogP contribution in [0.25, 0.3) is 16.3 Å². The number of fused-ring (bicyclic) bond motifs is 1. The molecule has 1 nitrogen and oxygen atoms in total. The number of thiazole rings is 1. The number of aromatic nitrogens is 1. The average molecular weight is 298 g/mol. The quantitative estimate of drug-likeness (QED) is 0.670. The molecule has 21 heavy (non-hydrogen) atoms. The number of allylic oxidation sites excluding steroid dienone is 3. The fourth-order valence-corrected chi connectivity index (χ4v) is 4.43. The van der Waals surface area contributed by atoms with Crippen molar-refractivity contribution in [2.45, 2.75) is 40.7 Å². The molecular weight excluding hydrogens is 274 g/mol. The summed E-state index contributed by atoms with van der Waals surface area (Å²) in [6.07, 6.45) is 5.99. The first-order valence-electron chi connectivity index (χ1n) is 7.90. The number of benzene rings is 1.